The molecule has 1 unspecified atom stereocenters. The van der Waals surface area contributed by atoms with Gasteiger partial charge in [0.2, 0.25) is 11.8 Å². The molecule has 6 nitrogen and oxygen atoms in total. The summed E-state index contributed by atoms with van der Waals surface area (Å²) in [6, 6.07) is 5.08. The van der Waals surface area contributed by atoms with Crippen molar-refractivity contribution < 1.29 is 14.0 Å². The molecule has 1 saturated heterocycles. The number of amides is 2. The minimum absolute atomic E-state index is 0.0948. The number of carbonyl (C=O) groups is 2. The SMILES string of the molecule is O=C1NCCN(C(=O)CCCc2cn[nH]c2)C1c1cccc(F)c1. The number of halogens is 1. The predicted molar refractivity (Wildman–Crippen MR) is 85.4 cm³/mol. The van der Waals surface area contributed by atoms with E-state index in [2.05, 4.69) is 15.5 Å². The molecular formula is C17H19FN4O2. The summed E-state index contributed by atoms with van der Waals surface area (Å²) in [5.74, 6) is -0.782. The number of H-pyrrole nitrogens is 1. The maximum absolute atomic E-state index is 13.5. The Morgan fingerprint density at radius 2 is 2.29 bits per heavy atom. The van der Waals surface area contributed by atoms with E-state index in [9.17, 15) is 14.0 Å². The summed E-state index contributed by atoms with van der Waals surface area (Å²) in [7, 11) is 0. The molecule has 1 aromatic carbocycles. The van der Waals surface area contributed by atoms with Crippen molar-refractivity contribution in [3.8, 4) is 0 Å². The van der Waals surface area contributed by atoms with E-state index in [4.69, 9.17) is 0 Å². The fourth-order valence-electron chi connectivity index (χ4n) is 2.95. The van der Waals surface area contributed by atoms with Gasteiger partial charge >= 0.3 is 0 Å². The van der Waals surface area contributed by atoms with Gasteiger partial charge < -0.3 is 10.2 Å². The molecule has 0 saturated carbocycles. The van der Waals surface area contributed by atoms with Crippen molar-refractivity contribution in [2.45, 2.75) is 25.3 Å². The van der Waals surface area contributed by atoms with Crippen molar-refractivity contribution >= 4 is 11.8 Å². The first-order chi connectivity index (χ1) is 11.6. The van der Waals surface area contributed by atoms with Crippen LogP contribution in [0.5, 0.6) is 0 Å². The van der Waals surface area contributed by atoms with Gasteiger partial charge in [-0.3, -0.25) is 14.7 Å². The normalized spacial score (nSPS) is 17.6. The molecule has 1 aliphatic heterocycles. The van der Waals surface area contributed by atoms with Crippen LogP contribution in [0, 0.1) is 5.82 Å². The first kappa shape index (κ1) is 16.2. The molecule has 2 N–H and O–H groups in total. The quantitative estimate of drug-likeness (QED) is 0.873. The number of hydrogen-bond donors (Lipinski definition) is 2. The van der Waals surface area contributed by atoms with Crippen LogP contribution in [0.2, 0.25) is 0 Å². The highest BCUT2D eigenvalue weighted by atomic mass is 19.1. The van der Waals surface area contributed by atoms with Crippen LogP contribution in [0.1, 0.15) is 30.0 Å². The number of hydrogen-bond acceptors (Lipinski definition) is 3. The fourth-order valence-corrected chi connectivity index (χ4v) is 2.95. The first-order valence-electron chi connectivity index (χ1n) is 7.95. The number of nitrogens with zero attached hydrogens (tertiary/aromatic N) is 2. The molecule has 7 heteroatoms. The highest BCUT2D eigenvalue weighted by molar-refractivity contribution is 5.89. The molecule has 1 atom stereocenters. The van der Waals surface area contributed by atoms with Gasteiger partial charge in [0.25, 0.3) is 0 Å². The van der Waals surface area contributed by atoms with Crippen molar-refractivity contribution in [1.82, 2.24) is 20.4 Å². The first-order valence-corrected chi connectivity index (χ1v) is 7.95. The van der Waals surface area contributed by atoms with Gasteiger partial charge in [-0.25, -0.2) is 4.39 Å². The lowest BCUT2D eigenvalue weighted by Gasteiger charge is -2.35. The van der Waals surface area contributed by atoms with Crippen LogP contribution < -0.4 is 5.32 Å². The van der Waals surface area contributed by atoms with Crippen LogP contribution in [0.25, 0.3) is 0 Å². The Labute approximate surface area is 139 Å². The lowest BCUT2D eigenvalue weighted by molar-refractivity contribution is -0.143. The van der Waals surface area contributed by atoms with Gasteiger partial charge in [0.15, 0.2) is 0 Å². The Morgan fingerprint density at radius 3 is 3.04 bits per heavy atom. The number of piperazine rings is 1. The lowest BCUT2D eigenvalue weighted by atomic mass is 10.0. The van der Waals surface area contributed by atoms with Gasteiger partial charge in [-0.05, 0) is 36.1 Å². The summed E-state index contributed by atoms with van der Waals surface area (Å²) in [4.78, 5) is 26.4. The Kier molecular flexibility index (Phi) is 4.88. The average molecular weight is 330 g/mol. The topological polar surface area (TPSA) is 78.1 Å². The zero-order valence-electron chi connectivity index (χ0n) is 13.2. The molecule has 1 aromatic heterocycles. The second-order valence-electron chi connectivity index (χ2n) is 5.80. The summed E-state index contributed by atoms with van der Waals surface area (Å²) >= 11 is 0. The van der Waals surface area contributed by atoms with E-state index in [0.29, 0.717) is 31.5 Å². The maximum Gasteiger partial charge on any atom is 0.247 e. The third kappa shape index (κ3) is 3.61. The minimum Gasteiger partial charge on any atom is -0.352 e. The van der Waals surface area contributed by atoms with E-state index < -0.39 is 11.9 Å². The summed E-state index contributed by atoms with van der Waals surface area (Å²) in [6.07, 6.45) is 5.28. The number of benzene rings is 1. The molecule has 0 aliphatic carbocycles. The zero-order chi connectivity index (χ0) is 16.9. The molecule has 1 fully saturated rings. The summed E-state index contributed by atoms with van der Waals surface area (Å²) in [5, 5.41) is 9.35. The number of aromatic amines is 1. The summed E-state index contributed by atoms with van der Waals surface area (Å²) in [6.45, 7) is 0.843. The molecule has 2 heterocycles. The van der Waals surface area contributed by atoms with Crippen molar-refractivity contribution in [3.63, 3.8) is 0 Å². The van der Waals surface area contributed by atoms with E-state index in [-0.39, 0.29) is 11.8 Å². The van der Waals surface area contributed by atoms with Crippen molar-refractivity contribution in [1.29, 1.82) is 0 Å². The third-order valence-corrected chi connectivity index (χ3v) is 4.11. The second-order valence-corrected chi connectivity index (χ2v) is 5.80. The van der Waals surface area contributed by atoms with Gasteiger partial charge in [0.1, 0.15) is 11.9 Å². The molecule has 1 aliphatic rings. The summed E-state index contributed by atoms with van der Waals surface area (Å²) < 4.78 is 13.5. The van der Waals surface area contributed by atoms with Crippen molar-refractivity contribution in [2.75, 3.05) is 13.1 Å². The molecule has 0 bridgehead atoms. The summed E-state index contributed by atoms with van der Waals surface area (Å²) in [5.41, 5.74) is 1.54. The second kappa shape index (κ2) is 7.25. The van der Waals surface area contributed by atoms with E-state index in [1.807, 2.05) is 0 Å². The number of rotatable bonds is 5. The molecule has 24 heavy (non-hydrogen) atoms. The standard InChI is InChI=1S/C17H19FN4O2/c18-14-5-2-4-13(9-14)16-17(24)19-7-8-22(16)15(23)6-1-3-12-10-20-21-11-12/h2,4-5,9-11,16H,1,3,6-8H2,(H,19,24)(H,20,21). The third-order valence-electron chi connectivity index (χ3n) is 4.11. The van der Waals surface area contributed by atoms with Crippen LogP contribution in [0.4, 0.5) is 4.39 Å². The number of aryl methyl sites for hydroxylation is 1. The van der Waals surface area contributed by atoms with E-state index >= 15 is 0 Å². The molecule has 0 radical (unpaired) electrons. The number of aromatic nitrogens is 2. The molecule has 126 valence electrons. The molecule has 3 rings (SSSR count). The van der Waals surface area contributed by atoms with Gasteiger partial charge in [0.05, 0.1) is 6.20 Å². The van der Waals surface area contributed by atoms with Gasteiger partial charge in [-0.2, -0.15) is 5.10 Å². The number of nitrogens with one attached hydrogen (secondary N) is 2. The van der Waals surface area contributed by atoms with E-state index in [1.54, 1.807) is 29.4 Å². The minimum atomic E-state index is -0.768. The lowest BCUT2D eigenvalue weighted by Crippen LogP contribution is -2.52. The van der Waals surface area contributed by atoms with Crippen LogP contribution in [-0.2, 0) is 16.0 Å². The average Bonchev–Trinajstić information content (AvgIpc) is 3.08. The maximum atomic E-state index is 13.5. The Balaban J connectivity index is 1.69. The number of carbonyl (C=O) groups excluding carboxylic acids is 2. The molecular weight excluding hydrogens is 311 g/mol. The monoisotopic (exact) mass is 330 g/mol. The highest BCUT2D eigenvalue weighted by Gasteiger charge is 2.34. The van der Waals surface area contributed by atoms with E-state index in [0.717, 1.165) is 12.0 Å². The Bertz CT molecular complexity index is 717. The van der Waals surface area contributed by atoms with Crippen LogP contribution in [0.3, 0.4) is 0 Å². The van der Waals surface area contributed by atoms with Gasteiger partial charge in [-0.15, -0.1) is 0 Å². The fraction of sp³-hybridized carbons (Fsp3) is 0.353. The van der Waals surface area contributed by atoms with Crippen molar-refractivity contribution in [2.24, 2.45) is 0 Å². The van der Waals surface area contributed by atoms with Crippen LogP contribution >= 0.6 is 0 Å². The highest BCUT2D eigenvalue weighted by Crippen LogP contribution is 2.25. The Morgan fingerprint density at radius 1 is 1.42 bits per heavy atom. The van der Waals surface area contributed by atoms with Crippen LogP contribution in [0.15, 0.2) is 36.7 Å². The molecule has 2 amide bonds. The van der Waals surface area contributed by atoms with Crippen molar-refractivity contribution in [3.05, 3.63) is 53.6 Å². The van der Waals surface area contributed by atoms with Crippen LogP contribution in [-0.4, -0.2) is 40.0 Å². The van der Waals surface area contributed by atoms with Gasteiger partial charge in [-0.1, -0.05) is 12.1 Å². The Hall–Kier alpha value is -2.70. The van der Waals surface area contributed by atoms with Gasteiger partial charge in [0, 0.05) is 25.7 Å². The zero-order valence-corrected chi connectivity index (χ0v) is 13.2. The molecule has 0 spiro atoms. The largest absolute Gasteiger partial charge is 0.352 e. The predicted octanol–water partition coefficient (Wildman–Crippen LogP) is 1.57. The molecule has 2 aromatic rings. The smallest absolute Gasteiger partial charge is 0.247 e. The van der Waals surface area contributed by atoms with E-state index in [1.165, 1.54) is 12.1 Å².